The summed E-state index contributed by atoms with van der Waals surface area (Å²) in [6, 6.07) is 18.6. The van der Waals surface area contributed by atoms with Gasteiger partial charge in [0.2, 0.25) is 0 Å². The summed E-state index contributed by atoms with van der Waals surface area (Å²) >= 11 is 0. The molecule has 5 nitrogen and oxygen atoms in total. The van der Waals surface area contributed by atoms with Gasteiger partial charge in [-0.05, 0) is 56.3 Å². The Labute approximate surface area is 201 Å². The lowest BCUT2D eigenvalue weighted by molar-refractivity contribution is 0.0242. The zero-order valence-electron chi connectivity index (χ0n) is 20.7. The maximum absolute atomic E-state index is 15.9. The van der Waals surface area contributed by atoms with Gasteiger partial charge in [0.1, 0.15) is 5.82 Å². The van der Waals surface area contributed by atoms with Crippen molar-refractivity contribution in [3.05, 3.63) is 88.7 Å². The van der Waals surface area contributed by atoms with Crippen LogP contribution in [0.4, 0.5) is 21.5 Å². The van der Waals surface area contributed by atoms with Gasteiger partial charge in [-0.2, -0.15) is 0 Å². The van der Waals surface area contributed by atoms with E-state index in [-0.39, 0.29) is 0 Å². The van der Waals surface area contributed by atoms with E-state index < -0.39 is 17.4 Å². The van der Waals surface area contributed by atoms with Crippen LogP contribution in [0.3, 0.4) is 0 Å². The van der Waals surface area contributed by atoms with Gasteiger partial charge in [0, 0.05) is 75.0 Å². The van der Waals surface area contributed by atoms with Gasteiger partial charge >= 0.3 is 5.97 Å². The number of carbonyl (C=O) groups is 1. The molecule has 0 spiro atoms. The predicted molar refractivity (Wildman–Crippen MR) is 137 cm³/mol. The van der Waals surface area contributed by atoms with Gasteiger partial charge in [0.05, 0.1) is 5.56 Å². The molecule has 6 heteroatoms. The Morgan fingerprint density at radius 1 is 0.765 bits per heavy atom. The van der Waals surface area contributed by atoms with Crippen molar-refractivity contribution in [2.75, 3.05) is 56.0 Å². The average molecular weight is 462 g/mol. The molecule has 4 rings (SSSR count). The molecule has 0 radical (unpaired) electrons. The number of rotatable bonds is 7. The van der Waals surface area contributed by atoms with Gasteiger partial charge in [0.15, 0.2) is 5.60 Å². The Morgan fingerprint density at radius 3 is 1.88 bits per heavy atom. The molecule has 0 aromatic heterocycles. The minimum atomic E-state index is -1.37. The van der Waals surface area contributed by atoms with E-state index >= 15 is 4.39 Å². The van der Waals surface area contributed by atoms with Gasteiger partial charge in [-0.1, -0.05) is 18.2 Å². The highest BCUT2D eigenvalue weighted by Gasteiger charge is 2.50. The molecule has 1 aliphatic rings. The van der Waals surface area contributed by atoms with E-state index in [0.717, 1.165) is 30.2 Å². The second-order valence-electron chi connectivity index (χ2n) is 8.97. The van der Waals surface area contributed by atoms with E-state index in [1.807, 2.05) is 100 Å². The highest BCUT2D eigenvalue weighted by atomic mass is 19.1. The average Bonchev–Trinajstić information content (AvgIpc) is 3.12. The third-order valence-electron chi connectivity index (χ3n) is 6.62. The lowest BCUT2D eigenvalue weighted by atomic mass is 9.79. The smallest absolute Gasteiger partial charge is 0.340 e. The number of hydrogen-bond donors (Lipinski definition) is 0. The number of carbonyl (C=O) groups excluding carboxylic acids is 1. The lowest BCUT2D eigenvalue weighted by Crippen LogP contribution is -2.31. The zero-order valence-corrected chi connectivity index (χ0v) is 20.7. The van der Waals surface area contributed by atoms with Crippen LogP contribution in [0, 0.1) is 5.82 Å². The summed E-state index contributed by atoms with van der Waals surface area (Å²) in [5, 5.41) is 0. The summed E-state index contributed by atoms with van der Waals surface area (Å²) in [7, 11) is 7.76. The first-order valence-electron chi connectivity index (χ1n) is 11.6. The second-order valence-corrected chi connectivity index (χ2v) is 8.97. The summed E-state index contributed by atoms with van der Waals surface area (Å²) in [5.41, 5.74) is 3.45. The van der Waals surface area contributed by atoms with Crippen molar-refractivity contribution in [1.29, 1.82) is 0 Å². The first-order chi connectivity index (χ1) is 16.2. The van der Waals surface area contributed by atoms with Crippen LogP contribution in [-0.2, 0) is 10.3 Å². The van der Waals surface area contributed by atoms with Crippen molar-refractivity contribution in [1.82, 2.24) is 0 Å². The van der Waals surface area contributed by atoms with Gasteiger partial charge in [-0.15, -0.1) is 0 Å². The summed E-state index contributed by atoms with van der Waals surface area (Å²) in [6.07, 6.45) is 0. The number of hydrogen-bond acceptors (Lipinski definition) is 5. The topological polar surface area (TPSA) is 36.0 Å². The molecule has 3 aromatic rings. The van der Waals surface area contributed by atoms with Crippen molar-refractivity contribution in [3.8, 4) is 0 Å². The number of esters is 1. The maximum atomic E-state index is 15.9. The fraction of sp³-hybridized carbons (Fsp3) is 0.321. The minimum absolute atomic E-state index is 0.325. The molecule has 0 amide bonds. The molecule has 0 N–H and O–H groups in total. The Bertz CT molecular complexity index is 1200. The SMILES string of the molecule is CCN(CC)c1ccc(C2(c3ccc(N(C)C)cc3)OC(=O)c3cc(N(C)C)ccc32)c(F)c1. The molecule has 34 heavy (non-hydrogen) atoms. The standard InChI is InChI=1S/C28H32FN3O2/c1-7-32(8-2)22-14-16-25(26(29)18-22)28(19-9-11-20(12-10-19)30(3)4)24-15-13-21(31(5)6)17-23(24)27(33)34-28/h9-18H,7-8H2,1-6H3. The quantitative estimate of drug-likeness (QED) is 0.448. The molecule has 3 aromatic carbocycles. The van der Waals surface area contributed by atoms with Crippen LogP contribution in [0.1, 0.15) is 40.9 Å². The molecule has 0 bridgehead atoms. The monoisotopic (exact) mass is 461 g/mol. The molecule has 0 saturated carbocycles. The van der Waals surface area contributed by atoms with Crippen LogP contribution in [0.25, 0.3) is 0 Å². The van der Waals surface area contributed by atoms with Crippen LogP contribution >= 0.6 is 0 Å². The van der Waals surface area contributed by atoms with E-state index in [1.165, 1.54) is 6.07 Å². The normalized spacial score (nSPS) is 16.7. The summed E-state index contributed by atoms with van der Waals surface area (Å²) < 4.78 is 22.0. The summed E-state index contributed by atoms with van der Waals surface area (Å²) in [6.45, 7) is 5.63. The third-order valence-corrected chi connectivity index (χ3v) is 6.62. The molecule has 1 heterocycles. The first kappa shape index (κ1) is 23.6. The number of fused-ring (bicyclic) bond motifs is 1. The highest BCUT2D eigenvalue weighted by Crippen LogP contribution is 2.49. The van der Waals surface area contributed by atoms with Gasteiger partial charge in [0.25, 0.3) is 0 Å². The number of ether oxygens (including phenoxy) is 1. The van der Waals surface area contributed by atoms with Gasteiger partial charge < -0.3 is 19.4 Å². The number of cyclic esters (lactones) is 1. The molecule has 1 aliphatic heterocycles. The van der Waals surface area contributed by atoms with Crippen LogP contribution < -0.4 is 14.7 Å². The van der Waals surface area contributed by atoms with Crippen LogP contribution in [0.2, 0.25) is 0 Å². The zero-order chi connectivity index (χ0) is 24.6. The number of anilines is 3. The number of benzene rings is 3. The van der Waals surface area contributed by atoms with Crippen molar-refractivity contribution < 1.29 is 13.9 Å². The third kappa shape index (κ3) is 3.77. The van der Waals surface area contributed by atoms with Crippen LogP contribution in [-0.4, -0.2) is 47.2 Å². The largest absolute Gasteiger partial charge is 0.440 e. The van der Waals surface area contributed by atoms with E-state index in [0.29, 0.717) is 22.3 Å². The minimum Gasteiger partial charge on any atom is -0.440 e. The molecular formula is C28H32FN3O2. The Hall–Kier alpha value is -3.54. The van der Waals surface area contributed by atoms with Crippen molar-refractivity contribution in [2.24, 2.45) is 0 Å². The second kappa shape index (κ2) is 9.01. The molecular weight excluding hydrogens is 429 g/mol. The molecule has 0 saturated heterocycles. The van der Waals surface area contributed by atoms with Gasteiger partial charge in [-0.25, -0.2) is 9.18 Å². The lowest BCUT2D eigenvalue weighted by Gasteiger charge is -2.32. The van der Waals surface area contributed by atoms with Crippen molar-refractivity contribution in [3.63, 3.8) is 0 Å². The van der Waals surface area contributed by atoms with E-state index in [9.17, 15) is 4.79 Å². The maximum Gasteiger partial charge on any atom is 0.340 e. The highest BCUT2D eigenvalue weighted by molar-refractivity contribution is 5.97. The number of halogens is 1. The van der Waals surface area contributed by atoms with E-state index in [4.69, 9.17) is 4.74 Å². The predicted octanol–water partition coefficient (Wildman–Crippen LogP) is 5.27. The summed E-state index contributed by atoms with van der Waals surface area (Å²) in [4.78, 5) is 19.2. The fourth-order valence-corrected chi connectivity index (χ4v) is 4.67. The molecule has 1 atom stereocenters. The molecule has 0 fully saturated rings. The Morgan fingerprint density at radius 2 is 1.32 bits per heavy atom. The molecule has 1 unspecified atom stereocenters. The Kier molecular flexibility index (Phi) is 6.26. The number of nitrogens with zero attached hydrogens (tertiary/aromatic N) is 3. The molecule has 0 aliphatic carbocycles. The van der Waals surface area contributed by atoms with Gasteiger partial charge in [-0.3, -0.25) is 0 Å². The van der Waals surface area contributed by atoms with E-state index in [2.05, 4.69) is 4.90 Å². The summed E-state index contributed by atoms with van der Waals surface area (Å²) in [5.74, 6) is -0.860. The van der Waals surface area contributed by atoms with Crippen LogP contribution in [0.5, 0.6) is 0 Å². The van der Waals surface area contributed by atoms with Crippen LogP contribution in [0.15, 0.2) is 60.7 Å². The molecule has 178 valence electrons. The van der Waals surface area contributed by atoms with Crippen molar-refractivity contribution in [2.45, 2.75) is 19.4 Å². The Balaban J connectivity index is 1.96. The first-order valence-corrected chi connectivity index (χ1v) is 11.6. The van der Waals surface area contributed by atoms with Crippen molar-refractivity contribution >= 4 is 23.0 Å². The fourth-order valence-electron chi connectivity index (χ4n) is 4.67. The van der Waals surface area contributed by atoms with E-state index in [1.54, 1.807) is 6.07 Å².